The molecule has 0 saturated heterocycles. The molecule has 0 amide bonds. The molecule has 0 aliphatic heterocycles. The summed E-state index contributed by atoms with van der Waals surface area (Å²) in [5.74, 6) is -0.456. The zero-order valence-electron chi connectivity index (χ0n) is 9.15. The van der Waals surface area contributed by atoms with Gasteiger partial charge in [0.05, 0.1) is 24.7 Å². The van der Waals surface area contributed by atoms with E-state index in [1.165, 1.54) is 0 Å². The van der Waals surface area contributed by atoms with Crippen LogP contribution in [0.2, 0.25) is 0 Å². The third-order valence-corrected chi connectivity index (χ3v) is 2.23. The van der Waals surface area contributed by atoms with Crippen LogP contribution in [0.5, 0.6) is 0 Å². The maximum absolute atomic E-state index is 9.29. The molecule has 4 N–H and O–H groups in total. The monoisotopic (exact) mass is 306 g/mol. The molecule has 0 fully saturated rings. The van der Waals surface area contributed by atoms with Crippen molar-refractivity contribution in [1.29, 1.82) is 0 Å². The third kappa shape index (κ3) is 49.2. The van der Waals surface area contributed by atoms with Crippen LogP contribution in [-0.4, -0.2) is 68.6 Å². The fourth-order valence-electron chi connectivity index (χ4n) is 0.231. The van der Waals surface area contributed by atoms with Crippen molar-refractivity contribution in [3.63, 3.8) is 0 Å². The SMILES string of the molecule is O=C(O)CS.O=C(O)CS.OCCSCCO. The third-order valence-electron chi connectivity index (χ3n) is 0.742. The highest BCUT2D eigenvalue weighted by Gasteiger charge is 1.82. The lowest BCUT2D eigenvalue weighted by atomic mass is 10.8. The number of rotatable bonds is 6. The van der Waals surface area contributed by atoms with Gasteiger partial charge in [-0.25, -0.2) is 0 Å². The lowest BCUT2D eigenvalue weighted by Gasteiger charge is -1.90. The van der Waals surface area contributed by atoms with Crippen molar-refractivity contribution in [1.82, 2.24) is 0 Å². The number of aliphatic hydroxyl groups excluding tert-OH is 2. The van der Waals surface area contributed by atoms with E-state index in [0.29, 0.717) is 0 Å². The molecule has 9 heteroatoms. The molecule has 0 radical (unpaired) electrons. The second-order valence-corrected chi connectivity index (χ2v) is 4.02. The zero-order chi connectivity index (χ0) is 14.1. The first kappa shape index (κ1) is 22.1. The van der Waals surface area contributed by atoms with Crippen LogP contribution < -0.4 is 0 Å². The quantitative estimate of drug-likeness (QED) is 0.295. The Morgan fingerprint density at radius 2 is 1.12 bits per heavy atom. The molecular formula is C8H18O6S3. The van der Waals surface area contributed by atoms with Crippen molar-refractivity contribution in [3.8, 4) is 0 Å². The molecule has 0 bridgehead atoms. The van der Waals surface area contributed by atoms with E-state index >= 15 is 0 Å². The largest absolute Gasteiger partial charge is 0.481 e. The number of hydrogen-bond acceptors (Lipinski definition) is 7. The van der Waals surface area contributed by atoms with E-state index in [2.05, 4.69) is 25.3 Å². The van der Waals surface area contributed by atoms with E-state index in [9.17, 15) is 9.59 Å². The molecule has 104 valence electrons. The first-order chi connectivity index (χ1) is 7.95. The van der Waals surface area contributed by atoms with E-state index in [1.54, 1.807) is 11.8 Å². The van der Waals surface area contributed by atoms with Gasteiger partial charge in [0, 0.05) is 11.5 Å². The van der Waals surface area contributed by atoms with E-state index in [-0.39, 0.29) is 24.7 Å². The summed E-state index contributed by atoms with van der Waals surface area (Å²) >= 11 is 8.39. The number of thiol groups is 2. The Labute approximate surface area is 115 Å². The lowest BCUT2D eigenvalue weighted by molar-refractivity contribution is -0.134. The maximum atomic E-state index is 9.29. The van der Waals surface area contributed by atoms with Crippen LogP contribution in [0.1, 0.15) is 0 Å². The molecule has 0 aromatic rings. The molecule has 0 aromatic carbocycles. The average molecular weight is 306 g/mol. The number of aliphatic carboxylic acids is 2. The van der Waals surface area contributed by atoms with Gasteiger partial charge >= 0.3 is 11.9 Å². The molecule has 0 aliphatic carbocycles. The Morgan fingerprint density at radius 3 is 1.24 bits per heavy atom. The number of thioether (sulfide) groups is 1. The molecule has 0 unspecified atom stereocenters. The highest BCUT2D eigenvalue weighted by Crippen LogP contribution is 1.94. The highest BCUT2D eigenvalue weighted by molar-refractivity contribution is 7.99. The first-order valence-electron chi connectivity index (χ1n) is 4.40. The van der Waals surface area contributed by atoms with Gasteiger partial charge in [-0.15, -0.1) is 0 Å². The topological polar surface area (TPSA) is 115 Å². The summed E-state index contributed by atoms with van der Waals surface area (Å²) in [6, 6.07) is 0. The Morgan fingerprint density at radius 1 is 0.882 bits per heavy atom. The van der Waals surface area contributed by atoms with Gasteiger partial charge in [-0.3, -0.25) is 9.59 Å². The molecular weight excluding hydrogens is 288 g/mol. The van der Waals surface area contributed by atoms with Crippen LogP contribution in [0.25, 0.3) is 0 Å². The molecule has 0 heterocycles. The normalized spacial score (nSPS) is 8.24. The molecule has 0 spiro atoms. The minimum absolute atomic E-state index is 0.0833. The second-order valence-electron chi connectivity index (χ2n) is 2.16. The molecule has 0 aromatic heterocycles. The van der Waals surface area contributed by atoms with E-state index < -0.39 is 11.9 Å². The maximum Gasteiger partial charge on any atom is 0.313 e. The van der Waals surface area contributed by atoms with Crippen molar-refractivity contribution in [2.75, 3.05) is 36.2 Å². The Bertz CT molecular complexity index is 161. The van der Waals surface area contributed by atoms with Crippen molar-refractivity contribution in [2.45, 2.75) is 0 Å². The van der Waals surface area contributed by atoms with Crippen LogP contribution in [-0.2, 0) is 9.59 Å². The van der Waals surface area contributed by atoms with Crippen LogP contribution in [0, 0.1) is 0 Å². The molecule has 0 aliphatic rings. The molecule has 0 rings (SSSR count). The molecule has 0 saturated carbocycles. The Hall–Kier alpha value is -0.0900. The summed E-state index contributed by atoms with van der Waals surface area (Å²) in [5.41, 5.74) is 0. The Balaban J connectivity index is -0.000000177. The highest BCUT2D eigenvalue weighted by atomic mass is 32.2. The first-order valence-corrected chi connectivity index (χ1v) is 6.82. The number of carboxylic acid groups (broad SMARTS) is 2. The predicted octanol–water partition coefficient (Wildman–Crippen LogP) is -0.294. The van der Waals surface area contributed by atoms with Crippen LogP contribution >= 0.6 is 37.0 Å². The molecule has 17 heavy (non-hydrogen) atoms. The number of aliphatic hydroxyl groups is 2. The standard InChI is InChI=1S/C4H10O2S.2C2H4O2S/c5-1-3-7-4-2-6;2*3-2(4)1-5/h5-6H,1-4H2;2*5H,1H2,(H,3,4). The fraction of sp³-hybridized carbons (Fsp3) is 0.750. The summed E-state index contributed by atoms with van der Waals surface area (Å²) in [6.45, 7) is 0.426. The van der Waals surface area contributed by atoms with Gasteiger partial charge in [-0.1, -0.05) is 0 Å². The van der Waals surface area contributed by atoms with Crippen LogP contribution in [0.4, 0.5) is 0 Å². The van der Waals surface area contributed by atoms with Crippen LogP contribution in [0.3, 0.4) is 0 Å². The van der Waals surface area contributed by atoms with Crippen LogP contribution in [0.15, 0.2) is 0 Å². The summed E-state index contributed by atoms with van der Waals surface area (Å²) in [4.78, 5) is 18.6. The summed E-state index contributed by atoms with van der Waals surface area (Å²) in [6.07, 6.45) is 0. The summed E-state index contributed by atoms with van der Waals surface area (Å²) in [5, 5.41) is 31.7. The van der Waals surface area contributed by atoms with Crippen molar-refractivity contribution < 1.29 is 30.0 Å². The number of hydrogen-bond donors (Lipinski definition) is 6. The smallest absolute Gasteiger partial charge is 0.313 e. The average Bonchev–Trinajstić information content (AvgIpc) is 2.31. The minimum atomic E-state index is -0.881. The van der Waals surface area contributed by atoms with E-state index in [0.717, 1.165) is 11.5 Å². The lowest BCUT2D eigenvalue weighted by Crippen LogP contribution is -1.92. The summed E-state index contributed by atoms with van der Waals surface area (Å²) < 4.78 is 0. The molecule has 0 atom stereocenters. The summed E-state index contributed by atoms with van der Waals surface area (Å²) in [7, 11) is 0. The zero-order valence-corrected chi connectivity index (χ0v) is 11.8. The minimum Gasteiger partial charge on any atom is -0.481 e. The fourth-order valence-corrected chi connectivity index (χ4v) is 0.693. The van der Waals surface area contributed by atoms with Gasteiger partial charge in [0.15, 0.2) is 0 Å². The molecule has 6 nitrogen and oxygen atoms in total. The van der Waals surface area contributed by atoms with Gasteiger partial charge in [-0.2, -0.15) is 37.0 Å². The van der Waals surface area contributed by atoms with E-state index in [1.807, 2.05) is 0 Å². The van der Waals surface area contributed by atoms with Gasteiger partial charge in [0.25, 0.3) is 0 Å². The number of carboxylic acids is 2. The predicted molar refractivity (Wildman–Crippen MR) is 74.5 cm³/mol. The van der Waals surface area contributed by atoms with Gasteiger partial charge in [0.1, 0.15) is 0 Å². The van der Waals surface area contributed by atoms with Gasteiger partial charge < -0.3 is 20.4 Å². The Kier molecular flexibility index (Phi) is 27.6. The van der Waals surface area contributed by atoms with E-state index in [4.69, 9.17) is 20.4 Å². The van der Waals surface area contributed by atoms with Gasteiger partial charge in [-0.05, 0) is 0 Å². The van der Waals surface area contributed by atoms with Crippen molar-refractivity contribution in [2.24, 2.45) is 0 Å². The number of carbonyl (C=O) groups is 2. The van der Waals surface area contributed by atoms with Crippen molar-refractivity contribution >= 4 is 49.0 Å². The van der Waals surface area contributed by atoms with Crippen molar-refractivity contribution in [3.05, 3.63) is 0 Å². The second kappa shape index (κ2) is 21.2. The van der Waals surface area contributed by atoms with Gasteiger partial charge in [0.2, 0.25) is 0 Å².